The molecule has 3 aliphatic rings. The minimum absolute atomic E-state index is 0.00257. The topological polar surface area (TPSA) is 150 Å². The predicted octanol–water partition coefficient (Wildman–Crippen LogP) is 3.53. The molecule has 2 aromatic carbocycles. The standard InChI is InChI=1S/C30H34N8O3.C2H4O2.C2H6/c1-19(2)28(29(41)35-10-9-22(39)13-35)38-14-27(33-34-38)37-17-30(18-37)15-36(16-30)21-8-7-20-11-25(32-31-24(20)12-21)23-5-3-4-6-26(23)40;1-4-2-3;1-2/h3-8,11-12,14,19,22,28,39-40H,9-10,13,15-18H2,1-2H3;2H,1H3;1-2H3. The van der Waals surface area contributed by atoms with Crippen LogP contribution in [0.5, 0.6) is 5.75 Å². The van der Waals surface area contributed by atoms with E-state index in [0.29, 0.717) is 37.2 Å². The number of carbonyl (C=O) groups is 2. The first-order valence-corrected chi connectivity index (χ1v) is 16.1. The number of aromatic hydroxyl groups is 1. The van der Waals surface area contributed by atoms with Crippen molar-refractivity contribution in [2.45, 2.75) is 46.3 Å². The monoisotopic (exact) mass is 644 g/mol. The van der Waals surface area contributed by atoms with Crippen molar-refractivity contribution in [1.29, 1.82) is 0 Å². The van der Waals surface area contributed by atoms with Crippen LogP contribution in [0.3, 0.4) is 0 Å². The van der Waals surface area contributed by atoms with Gasteiger partial charge in [0, 0.05) is 61.3 Å². The summed E-state index contributed by atoms with van der Waals surface area (Å²) in [6.07, 6.45) is 2.08. The number of methoxy groups -OCH3 is 1. The fourth-order valence-electron chi connectivity index (χ4n) is 6.50. The third kappa shape index (κ3) is 6.99. The van der Waals surface area contributed by atoms with Crippen LogP contribution in [-0.2, 0) is 14.3 Å². The summed E-state index contributed by atoms with van der Waals surface area (Å²) in [5.74, 6) is 1.05. The number of aliphatic hydroxyl groups excluding tert-OH is 1. The van der Waals surface area contributed by atoms with Gasteiger partial charge in [0.25, 0.3) is 6.47 Å². The number of benzene rings is 2. The molecule has 4 aromatic rings. The molecule has 3 saturated heterocycles. The molecule has 7 rings (SSSR count). The van der Waals surface area contributed by atoms with Gasteiger partial charge in [-0.15, -0.1) is 15.3 Å². The van der Waals surface area contributed by atoms with Gasteiger partial charge in [0.15, 0.2) is 5.82 Å². The molecule has 0 aliphatic carbocycles. The second kappa shape index (κ2) is 14.3. The number of carbonyl (C=O) groups excluding carboxylic acids is 2. The SMILES string of the molecule is CC.CC(C)C(C(=O)N1CCC(O)C1)n1cc(N2CC3(CN(c4ccc5cc(-c6ccccc6O)nnc5c4)C3)C2)nn1.COC=O. The summed E-state index contributed by atoms with van der Waals surface area (Å²) < 4.78 is 5.56. The summed E-state index contributed by atoms with van der Waals surface area (Å²) >= 11 is 0. The van der Waals surface area contributed by atoms with Gasteiger partial charge in [-0.3, -0.25) is 9.59 Å². The van der Waals surface area contributed by atoms with Gasteiger partial charge in [0.2, 0.25) is 5.91 Å². The highest BCUT2D eigenvalue weighted by molar-refractivity contribution is 5.86. The van der Waals surface area contributed by atoms with E-state index in [0.717, 1.165) is 48.6 Å². The van der Waals surface area contributed by atoms with E-state index in [1.54, 1.807) is 21.7 Å². The minimum Gasteiger partial charge on any atom is -0.507 e. The van der Waals surface area contributed by atoms with E-state index in [1.807, 2.05) is 52.1 Å². The Kier molecular flexibility index (Phi) is 10.2. The molecule has 13 heteroatoms. The highest BCUT2D eigenvalue weighted by Crippen LogP contribution is 2.44. The lowest BCUT2D eigenvalue weighted by molar-refractivity contribution is -0.135. The van der Waals surface area contributed by atoms with E-state index in [1.165, 1.54) is 7.11 Å². The van der Waals surface area contributed by atoms with Crippen LogP contribution in [0.1, 0.15) is 40.2 Å². The fourth-order valence-corrected chi connectivity index (χ4v) is 6.50. The van der Waals surface area contributed by atoms with Crippen molar-refractivity contribution in [2.24, 2.45) is 11.3 Å². The van der Waals surface area contributed by atoms with Gasteiger partial charge in [-0.2, -0.15) is 0 Å². The maximum Gasteiger partial charge on any atom is 0.292 e. The molecule has 2 N–H and O–H groups in total. The van der Waals surface area contributed by atoms with E-state index in [-0.39, 0.29) is 23.0 Å². The van der Waals surface area contributed by atoms with Gasteiger partial charge in [-0.25, -0.2) is 4.68 Å². The summed E-state index contributed by atoms with van der Waals surface area (Å²) in [6.45, 7) is 13.1. The Balaban J connectivity index is 0.000000674. The smallest absolute Gasteiger partial charge is 0.292 e. The van der Waals surface area contributed by atoms with E-state index < -0.39 is 12.1 Å². The van der Waals surface area contributed by atoms with Gasteiger partial charge < -0.3 is 29.6 Å². The first-order chi connectivity index (χ1) is 22.7. The molecular weight excluding hydrogens is 600 g/mol. The summed E-state index contributed by atoms with van der Waals surface area (Å²) in [7, 11) is 1.31. The number of rotatable bonds is 7. The molecule has 0 bridgehead atoms. The van der Waals surface area contributed by atoms with Crippen molar-refractivity contribution in [3.05, 3.63) is 54.7 Å². The molecular formula is C34H44N8O5. The number of aliphatic hydroxyl groups is 1. The third-order valence-corrected chi connectivity index (χ3v) is 8.78. The molecule has 2 unspecified atom stereocenters. The van der Waals surface area contributed by atoms with Crippen molar-refractivity contribution in [3.63, 3.8) is 0 Å². The van der Waals surface area contributed by atoms with Gasteiger partial charge >= 0.3 is 0 Å². The van der Waals surface area contributed by atoms with Crippen LogP contribution in [0.4, 0.5) is 11.5 Å². The van der Waals surface area contributed by atoms with Crippen LogP contribution < -0.4 is 9.80 Å². The number of phenolic OH excluding ortho intramolecular Hbond substituents is 1. The molecule has 1 amide bonds. The minimum atomic E-state index is -0.442. The molecule has 5 heterocycles. The van der Waals surface area contributed by atoms with E-state index in [4.69, 9.17) is 4.79 Å². The van der Waals surface area contributed by atoms with Crippen molar-refractivity contribution >= 4 is 34.8 Å². The molecule has 2 atom stereocenters. The number of hydrogen-bond acceptors (Lipinski definition) is 11. The number of para-hydroxylation sites is 1. The van der Waals surface area contributed by atoms with Crippen LogP contribution in [0.15, 0.2) is 54.7 Å². The zero-order valence-electron chi connectivity index (χ0n) is 27.7. The Hall–Kier alpha value is -4.78. The van der Waals surface area contributed by atoms with E-state index >= 15 is 0 Å². The number of fused-ring (bicyclic) bond motifs is 1. The van der Waals surface area contributed by atoms with Crippen LogP contribution in [0.2, 0.25) is 0 Å². The van der Waals surface area contributed by atoms with Crippen molar-refractivity contribution in [2.75, 3.05) is 56.2 Å². The van der Waals surface area contributed by atoms with Crippen molar-refractivity contribution < 1.29 is 24.5 Å². The zero-order valence-corrected chi connectivity index (χ0v) is 27.7. The first kappa shape index (κ1) is 33.6. The van der Waals surface area contributed by atoms with Crippen LogP contribution >= 0.6 is 0 Å². The zero-order chi connectivity index (χ0) is 33.7. The number of β-amino-alcohol motifs (C(OH)–C–C–N with tert-alkyl or cyclic N) is 1. The highest BCUT2D eigenvalue weighted by Gasteiger charge is 2.52. The summed E-state index contributed by atoms with van der Waals surface area (Å²) in [4.78, 5) is 28.5. The number of hydrogen-bond donors (Lipinski definition) is 2. The lowest BCUT2D eigenvalue weighted by atomic mass is 9.72. The molecule has 1 spiro atoms. The Labute approximate surface area is 274 Å². The maximum absolute atomic E-state index is 13.2. The Bertz CT molecular complexity index is 1680. The number of aromatic nitrogens is 5. The number of nitrogens with zero attached hydrogens (tertiary/aromatic N) is 8. The normalized spacial score (nSPS) is 18.4. The largest absolute Gasteiger partial charge is 0.507 e. The average Bonchev–Trinajstić information content (AvgIpc) is 3.70. The van der Waals surface area contributed by atoms with E-state index in [2.05, 4.69) is 53.2 Å². The lowest BCUT2D eigenvalue weighted by Gasteiger charge is -2.61. The summed E-state index contributed by atoms with van der Waals surface area (Å²) in [5.41, 5.74) is 3.49. The molecule has 3 fully saturated rings. The van der Waals surface area contributed by atoms with Crippen LogP contribution in [-0.4, -0.2) is 105 Å². The van der Waals surface area contributed by atoms with Crippen LogP contribution in [0.25, 0.3) is 22.2 Å². The molecule has 0 saturated carbocycles. The van der Waals surface area contributed by atoms with Crippen molar-refractivity contribution in [1.82, 2.24) is 30.1 Å². The second-order valence-corrected chi connectivity index (χ2v) is 12.5. The van der Waals surface area contributed by atoms with Gasteiger partial charge in [-0.1, -0.05) is 51.1 Å². The van der Waals surface area contributed by atoms with Gasteiger partial charge in [-0.05, 0) is 42.7 Å². The Morgan fingerprint density at radius 3 is 2.36 bits per heavy atom. The molecule has 3 aliphatic heterocycles. The molecule has 0 radical (unpaired) electrons. The van der Waals surface area contributed by atoms with Crippen molar-refractivity contribution in [3.8, 4) is 17.0 Å². The number of phenols is 1. The summed E-state index contributed by atoms with van der Waals surface area (Å²) in [6, 6.07) is 14.9. The van der Waals surface area contributed by atoms with Crippen LogP contribution in [0, 0.1) is 11.3 Å². The Morgan fingerprint density at radius 2 is 1.72 bits per heavy atom. The molecule has 2 aromatic heterocycles. The number of anilines is 2. The number of ether oxygens (including phenoxy) is 1. The second-order valence-electron chi connectivity index (χ2n) is 12.5. The Morgan fingerprint density at radius 1 is 1.02 bits per heavy atom. The van der Waals surface area contributed by atoms with Gasteiger partial charge in [0.1, 0.15) is 11.8 Å². The number of likely N-dealkylation sites (tertiary alicyclic amines) is 1. The molecule has 47 heavy (non-hydrogen) atoms. The predicted molar refractivity (Wildman–Crippen MR) is 179 cm³/mol. The number of amides is 1. The average molecular weight is 645 g/mol. The molecule has 250 valence electrons. The summed E-state index contributed by atoms with van der Waals surface area (Å²) in [5, 5.41) is 38.6. The highest BCUT2D eigenvalue weighted by atomic mass is 16.5. The quantitative estimate of drug-likeness (QED) is 0.285. The van der Waals surface area contributed by atoms with Gasteiger partial charge in [0.05, 0.1) is 30.6 Å². The first-order valence-electron chi connectivity index (χ1n) is 16.1. The lowest BCUT2D eigenvalue weighted by Crippen LogP contribution is -2.72. The fraction of sp³-hybridized carbons (Fsp3) is 0.471. The third-order valence-electron chi connectivity index (χ3n) is 8.78. The maximum atomic E-state index is 13.2. The van der Waals surface area contributed by atoms with E-state index in [9.17, 15) is 15.0 Å². The molecule has 13 nitrogen and oxygen atoms in total.